The molecule has 0 fully saturated rings. The van der Waals surface area contributed by atoms with E-state index in [1.54, 1.807) is 0 Å². The summed E-state index contributed by atoms with van der Waals surface area (Å²) in [4.78, 5) is 0. The van der Waals surface area contributed by atoms with Crippen molar-refractivity contribution in [3.8, 4) is 11.3 Å². The molecule has 0 saturated carbocycles. The first-order valence-corrected chi connectivity index (χ1v) is 14.7. The first kappa shape index (κ1) is 21.4. The molecule has 41 heavy (non-hydrogen) atoms. The summed E-state index contributed by atoms with van der Waals surface area (Å²) in [6, 6.07) is 31.5. The minimum atomic E-state index is -1.45. The second kappa shape index (κ2) is 7.67. The van der Waals surface area contributed by atoms with Crippen LogP contribution < -0.4 is 4.57 Å². The van der Waals surface area contributed by atoms with Gasteiger partial charge in [0.15, 0.2) is 6.20 Å². The van der Waals surface area contributed by atoms with E-state index in [9.17, 15) is 0 Å². The Bertz CT molecular complexity index is 2350. The maximum Gasteiger partial charge on any atom is 0.212 e. The van der Waals surface area contributed by atoms with Crippen LogP contribution in [0.4, 0.5) is 0 Å². The molecule has 2 unspecified atom stereocenters. The van der Waals surface area contributed by atoms with Gasteiger partial charge in [-0.3, -0.25) is 0 Å². The number of benzene rings is 4. The van der Waals surface area contributed by atoms with E-state index in [1.165, 1.54) is 65.9 Å². The van der Waals surface area contributed by atoms with Crippen molar-refractivity contribution >= 4 is 43.6 Å². The number of rotatable bonds is 2. The van der Waals surface area contributed by atoms with Crippen LogP contribution in [-0.2, 0) is 13.4 Å². The van der Waals surface area contributed by atoms with Gasteiger partial charge in [0.25, 0.3) is 0 Å². The van der Waals surface area contributed by atoms with Crippen LogP contribution in [0, 0.1) is 12.3 Å². The van der Waals surface area contributed by atoms with Crippen molar-refractivity contribution in [2.24, 2.45) is 12.5 Å². The largest absolute Gasteiger partial charge is 0.330 e. The quantitative estimate of drug-likeness (QED) is 0.197. The summed E-state index contributed by atoms with van der Waals surface area (Å²) in [7, 11) is 2.06. The molecule has 2 atom stereocenters. The van der Waals surface area contributed by atoms with Crippen LogP contribution in [0.2, 0.25) is 0 Å². The zero-order valence-electron chi connectivity index (χ0n) is 26.2. The van der Waals surface area contributed by atoms with Gasteiger partial charge >= 0.3 is 0 Å². The predicted molar refractivity (Wildman–Crippen MR) is 170 cm³/mol. The van der Waals surface area contributed by atoms with Crippen molar-refractivity contribution in [2.75, 3.05) is 0 Å². The maximum atomic E-state index is 8.88. The summed E-state index contributed by atoms with van der Waals surface area (Å²) in [6.45, 7) is 8.16. The summed E-state index contributed by atoms with van der Waals surface area (Å²) in [5, 5.41) is 5.28. The molecule has 9 rings (SSSR count). The maximum absolute atomic E-state index is 8.88. The van der Waals surface area contributed by atoms with Crippen molar-refractivity contribution in [3.63, 3.8) is 0 Å². The lowest BCUT2D eigenvalue weighted by molar-refractivity contribution is -0.660. The van der Waals surface area contributed by atoms with E-state index in [1.807, 2.05) is 33.0 Å². The van der Waals surface area contributed by atoms with Crippen LogP contribution in [0.5, 0.6) is 0 Å². The summed E-state index contributed by atoms with van der Waals surface area (Å²) >= 11 is 0. The van der Waals surface area contributed by atoms with E-state index < -0.39 is 11.8 Å². The smallest absolute Gasteiger partial charge is 0.212 e. The fraction of sp³-hybridized carbons (Fsp3) is 0.237. The predicted octanol–water partition coefficient (Wildman–Crippen LogP) is 8.80. The van der Waals surface area contributed by atoms with Crippen LogP contribution in [-0.4, -0.2) is 9.13 Å². The zero-order chi connectivity index (χ0) is 29.6. The average Bonchev–Trinajstić information content (AvgIpc) is 3.69. The Labute approximate surface area is 243 Å². The molecular weight excluding hydrogens is 498 g/mol. The highest BCUT2D eigenvalue weighted by atomic mass is 15.2. The molecule has 2 aliphatic heterocycles. The Balaban J connectivity index is 1.36. The molecule has 2 aliphatic rings. The Morgan fingerprint density at radius 2 is 1.41 bits per heavy atom. The second-order valence-corrected chi connectivity index (χ2v) is 13.1. The first-order valence-electron chi connectivity index (χ1n) is 15.7. The second-order valence-electron chi connectivity index (χ2n) is 13.1. The lowest BCUT2D eigenvalue weighted by Crippen LogP contribution is -2.32. The van der Waals surface area contributed by atoms with Crippen molar-refractivity contribution in [1.82, 2.24) is 9.13 Å². The van der Waals surface area contributed by atoms with Crippen molar-refractivity contribution in [1.29, 1.82) is 0 Å². The molecule has 0 saturated heterocycles. The Kier molecular flexibility index (Phi) is 4.00. The third kappa shape index (κ3) is 2.91. The van der Waals surface area contributed by atoms with Gasteiger partial charge in [-0.05, 0) is 48.5 Å². The van der Waals surface area contributed by atoms with Gasteiger partial charge in [-0.1, -0.05) is 75.4 Å². The number of pyridine rings is 1. The molecule has 0 radical (unpaired) electrons. The van der Waals surface area contributed by atoms with E-state index in [-0.39, 0.29) is 12.1 Å². The van der Waals surface area contributed by atoms with Gasteiger partial charge in [-0.2, -0.15) is 0 Å². The van der Waals surface area contributed by atoms with Crippen LogP contribution in [0.3, 0.4) is 0 Å². The topological polar surface area (TPSA) is 13.7 Å². The zero-order valence-corrected chi connectivity index (χ0v) is 24.2. The lowest BCUT2D eigenvalue weighted by Gasteiger charge is -2.20. The fourth-order valence-electron chi connectivity index (χ4n) is 8.08. The molecule has 4 aromatic carbocycles. The van der Waals surface area contributed by atoms with Gasteiger partial charge in [0.05, 0.1) is 28.7 Å². The molecule has 5 heterocycles. The highest BCUT2D eigenvalue weighted by Crippen LogP contribution is 2.58. The van der Waals surface area contributed by atoms with Crippen LogP contribution in [0.1, 0.15) is 57.9 Å². The van der Waals surface area contributed by atoms with Gasteiger partial charge in [0, 0.05) is 58.1 Å². The minimum absolute atomic E-state index is 0.167. The number of hydrogen-bond donors (Lipinski definition) is 0. The monoisotopic (exact) mass is 534 g/mol. The van der Waals surface area contributed by atoms with Gasteiger partial charge in [-0.15, -0.1) is 0 Å². The first-order chi connectivity index (χ1) is 20.6. The van der Waals surface area contributed by atoms with Crippen molar-refractivity contribution < 1.29 is 7.31 Å². The van der Waals surface area contributed by atoms with Gasteiger partial charge in [0.2, 0.25) is 5.69 Å². The summed E-state index contributed by atoms with van der Waals surface area (Å²) < 4.78 is 25.1. The van der Waals surface area contributed by atoms with E-state index in [4.69, 9.17) is 2.74 Å². The van der Waals surface area contributed by atoms with Crippen molar-refractivity contribution in [2.45, 2.75) is 46.2 Å². The fourth-order valence-corrected chi connectivity index (χ4v) is 8.08. The average molecular weight is 535 g/mol. The molecule has 0 N–H and O–H groups in total. The van der Waals surface area contributed by atoms with E-state index >= 15 is 0 Å². The Morgan fingerprint density at radius 3 is 2.17 bits per heavy atom. The summed E-state index contributed by atoms with van der Waals surface area (Å²) in [5.41, 5.74) is 11.8. The van der Waals surface area contributed by atoms with E-state index in [0.29, 0.717) is 5.56 Å². The number of nitrogens with zero attached hydrogens (tertiary/aromatic N) is 3. The molecule has 3 heteroatoms. The molecule has 0 aliphatic carbocycles. The SMILES string of the molecule is [2H]C([2H])(c1ccc(-c2cc3c4c(c2C)c2ccccc2n4C2c4cccc5c6ccccc6n(c45)C32)[n+](C)c1)C(C)(C)C. The van der Waals surface area contributed by atoms with Gasteiger partial charge < -0.3 is 9.13 Å². The Morgan fingerprint density at radius 1 is 0.756 bits per heavy atom. The van der Waals surface area contributed by atoms with Gasteiger partial charge in [-0.25, -0.2) is 4.57 Å². The minimum Gasteiger partial charge on any atom is -0.330 e. The van der Waals surface area contributed by atoms with E-state index in [0.717, 1.165) is 5.69 Å². The number of aryl methyl sites for hydroxylation is 2. The lowest BCUT2D eigenvalue weighted by atomic mass is 9.88. The number of hydrogen-bond acceptors (Lipinski definition) is 0. The Hall–Kier alpha value is -4.37. The number of fused-ring (bicyclic) bond motifs is 11. The highest BCUT2D eigenvalue weighted by Gasteiger charge is 2.46. The molecule has 0 amide bonds. The molecule has 3 nitrogen and oxygen atoms in total. The van der Waals surface area contributed by atoms with Crippen LogP contribution in [0.15, 0.2) is 91.1 Å². The number of aromatic nitrogens is 3. The highest BCUT2D eigenvalue weighted by molar-refractivity contribution is 6.16. The third-order valence-electron chi connectivity index (χ3n) is 9.45. The molecule has 3 aromatic heterocycles. The molecule has 200 valence electrons. The molecule has 7 aromatic rings. The third-order valence-corrected chi connectivity index (χ3v) is 9.45. The summed E-state index contributed by atoms with van der Waals surface area (Å²) in [5.74, 6) is 0. The van der Waals surface area contributed by atoms with Gasteiger partial charge in [0.1, 0.15) is 7.05 Å². The van der Waals surface area contributed by atoms with Crippen LogP contribution in [0.25, 0.3) is 54.9 Å². The van der Waals surface area contributed by atoms with E-state index in [2.05, 4.69) is 107 Å². The standard InChI is InChI=1S/C38H34N3/c1-22-28(30-18-17-23(21-39(30)5)20-38(2,3)4)19-29-35-33(22)26-12-7-9-16-32(26)41(35)36-27-14-10-13-25-24-11-6-8-15-31(24)40(34(25)27)37(29)36/h6-19,21,36-37H,20H2,1-5H3/q+1/i20D2. The summed E-state index contributed by atoms with van der Waals surface area (Å²) in [6.07, 6.45) is 0.539. The molecule has 0 spiro atoms. The molecular formula is C38H34N3+. The normalized spacial score (nSPS) is 18.6. The van der Waals surface area contributed by atoms with Crippen molar-refractivity contribution in [3.05, 3.63) is 113 Å². The van der Waals surface area contributed by atoms with Crippen LogP contribution >= 0.6 is 0 Å². The number of para-hydroxylation sites is 3. The molecule has 0 bridgehead atoms.